The van der Waals surface area contributed by atoms with Crippen LogP contribution in [0.25, 0.3) is 0 Å². The normalized spacial score (nSPS) is 19.7. The standard InChI is InChI=1S/C15H19Cl2NO4S/c1-22-6-5-18(12-4-7-23(20,21)10-12)15(19)9-11-2-3-13(16)14(17)8-11/h2-3,8,12H,4-7,9-10H2,1H3. The molecule has 1 fully saturated rings. The van der Waals surface area contributed by atoms with Crippen molar-refractivity contribution in [3.8, 4) is 0 Å². The molecule has 23 heavy (non-hydrogen) atoms. The van der Waals surface area contributed by atoms with Crippen LogP contribution in [-0.4, -0.2) is 57.0 Å². The summed E-state index contributed by atoms with van der Waals surface area (Å²) in [5.41, 5.74) is 0.743. The highest BCUT2D eigenvalue weighted by atomic mass is 35.5. The summed E-state index contributed by atoms with van der Waals surface area (Å²) in [5.74, 6) is 0.00734. The van der Waals surface area contributed by atoms with E-state index in [4.69, 9.17) is 27.9 Å². The zero-order chi connectivity index (χ0) is 17.0. The Balaban J connectivity index is 2.11. The van der Waals surface area contributed by atoms with E-state index >= 15 is 0 Å². The maximum atomic E-state index is 12.6. The third-order valence-corrected chi connectivity index (χ3v) is 6.33. The highest BCUT2D eigenvalue weighted by Crippen LogP contribution is 2.24. The van der Waals surface area contributed by atoms with Gasteiger partial charge in [0.25, 0.3) is 0 Å². The van der Waals surface area contributed by atoms with E-state index in [0.29, 0.717) is 29.6 Å². The lowest BCUT2D eigenvalue weighted by atomic mass is 10.1. The third-order valence-electron chi connectivity index (χ3n) is 3.85. The van der Waals surface area contributed by atoms with Crippen LogP contribution in [0.4, 0.5) is 0 Å². The molecule has 2 rings (SSSR count). The molecule has 0 saturated carbocycles. The first kappa shape index (κ1) is 18.5. The number of ether oxygens (including phenoxy) is 1. The number of rotatable bonds is 6. The van der Waals surface area contributed by atoms with Gasteiger partial charge in [-0.1, -0.05) is 29.3 Å². The number of carbonyl (C=O) groups excluding carboxylic acids is 1. The maximum Gasteiger partial charge on any atom is 0.227 e. The molecule has 1 aromatic carbocycles. The van der Waals surface area contributed by atoms with E-state index in [0.717, 1.165) is 5.56 Å². The van der Waals surface area contributed by atoms with E-state index in [-0.39, 0.29) is 29.9 Å². The van der Waals surface area contributed by atoms with E-state index in [2.05, 4.69) is 0 Å². The van der Waals surface area contributed by atoms with Crippen LogP contribution in [0.15, 0.2) is 18.2 Å². The minimum atomic E-state index is -3.06. The molecule has 1 heterocycles. The van der Waals surface area contributed by atoms with E-state index in [1.165, 1.54) is 0 Å². The topological polar surface area (TPSA) is 63.7 Å². The Kier molecular flexibility index (Phi) is 6.31. The molecule has 1 amide bonds. The molecule has 128 valence electrons. The number of methoxy groups -OCH3 is 1. The van der Waals surface area contributed by atoms with Gasteiger partial charge in [0.15, 0.2) is 9.84 Å². The molecule has 1 aromatic rings. The first-order chi connectivity index (χ1) is 10.8. The van der Waals surface area contributed by atoms with Crippen molar-refractivity contribution in [1.82, 2.24) is 4.90 Å². The third kappa shape index (κ3) is 5.08. The Morgan fingerprint density at radius 1 is 1.35 bits per heavy atom. The number of benzene rings is 1. The number of halogens is 2. The van der Waals surface area contributed by atoms with Crippen molar-refractivity contribution < 1.29 is 17.9 Å². The van der Waals surface area contributed by atoms with Crippen LogP contribution in [0.5, 0.6) is 0 Å². The zero-order valence-corrected chi connectivity index (χ0v) is 15.1. The molecule has 1 atom stereocenters. The Bertz CT molecular complexity index is 678. The highest BCUT2D eigenvalue weighted by Gasteiger charge is 2.34. The molecule has 5 nitrogen and oxygen atoms in total. The van der Waals surface area contributed by atoms with Gasteiger partial charge < -0.3 is 9.64 Å². The van der Waals surface area contributed by atoms with E-state index in [1.807, 2.05) is 0 Å². The first-order valence-electron chi connectivity index (χ1n) is 7.25. The Morgan fingerprint density at radius 3 is 2.65 bits per heavy atom. The van der Waals surface area contributed by atoms with Crippen LogP contribution < -0.4 is 0 Å². The monoisotopic (exact) mass is 379 g/mol. The molecular weight excluding hydrogens is 361 g/mol. The highest BCUT2D eigenvalue weighted by molar-refractivity contribution is 7.91. The van der Waals surface area contributed by atoms with Crippen molar-refractivity contribution in [2.75, 3.05) is 31.8 Å². The number of hydrogen-bond acceptors (Lipinski definition) is 4. The molecule has 1 unspecified atom stereocenters. The summed E-state index contributed by atoms with van der Waals surface area (Å²) in [6.45, 7) is 0.737. The minimum Gasteiger partial charge on any atom is -0.383 e. The van der Waals surface area contributed by atoms with Gasteiger partial charge in [-0.3, -0.25) is 4.79 Å². The fourth-order valence-corrected chi connectivity index (χ4v) is 4.70. The second-order valence-electron chi connectivity index (χ2n) is 5.56. The second-order valence-corrected chi connectivity index (χ2v) is 8.61. The van der Waals surface area contributed by atoms with Crippen LogP contribution in [0.3, 0.4) is 0 Å². The Morgan fingerprint density at radius 2 is 2.09 bits per heavy atom. The van der Waals surface area contributed by atoms with Crippen molar-refractivity contribution in [1.29, 1.82) is 0 Å². The molecule has 0 aromatic heterocycles. The summed E-state index contributed by atoms with van der Waals surface area (Å²) in [7, 11) is -1.51. The summed E-state index contributed by atoms with van der Waals surface area (Å²) in [6, 6.07) is 4.75. The van der Waals surface area contributed by atoms with E-state index < -0.39 is 9.84 Å². The van der Waals surface area contributed by atoms with Gasteiger partial charge in [0, 0.05) is 19.7 Å². The van der Waals surface area contributed by atoms with Crippen LogP contribution in [0.2, 0.25) is 10.0 Å². The van der Waals surface area contributed by atoms with Gasteiger partial charge in [0.1, 0.15) is 0 Å². The Labute approximate surface area is 146 Å². The average Bonchev–Trinajstić information content (AvgIpc) is 2.83. The quantitative estimate of drug-likeness (QED) is 0.759. The first-order valence-corrected chi connectivity index (χ1v) is 9.83. The number of hydrogen-bond donors (Lipinski definition) is 0. The van der Waals surface area contributed by atoms with Crippen molar-refractivity contribution in [2.45, 2.75) is 18.9 Å². The number of amides is 1. The smallest absolute Gasteiger partial charge is 0.227 e. The van der Waals surface area contributed by atoms with E-state index in [1.54, 1.807) is 30.2 Å². The molecule has 0 spiro atoms. The van der Waals surface area contributed by atoms with Crippen LogP contribution in [0, 0.1) is 0 Å². The molecule has 0 bridgehead atoms. The van der Waals surface area contributed by atoms with Crippen LogP contribution >= 0.6 is 23.2 Å². The SMILES string of the molecule is COCCN(C(=O)Cc1ccc(Cl)c(Cl)c1)C1CCS(=O)(=O)C1. The Hall–Kier alpha value is -0.820. The molecule has 0 aliphatic carbocycles. The summed E-state index contributed by atoms with van der Waals surface area (Å²) < 4.78 is 28.4. The van der Waals surface area contributed by atoms with Crippen molar-refractivity contribution >= 4 is 38.9 Å². The minimum absolute atomic E-state index is 0.0177. The van der Waals surface area contributed by atoms with Gasteiger partial charge in [0.2, 0.25) is 5.91 Å². The number of carbonyl (C=O) groups is 1. The molecule has 0 N–H and O–H groups in total. The van der Waals surface area contributed by atoms with Gasteiger partial charge in [-0.05, 0) is 24.1 Å². The molecular formula is C15H19Cl2NO4S. The van der Waals surface area contributed by atoms with Crippen LogP contribution in [-0.2, 0) is 25.8 Å². The maximum absolute atomic E-state index is 12.6. The lowest BCUT2D eigenvalue weighted by Gasteiger charge is -2.28. The number of sulfone groups is 1. The molecule has 8 heteroatoms. The van der Waals surface area contributed by atoms with Gasteiger partial charge in [-0.2, -0.15) is 0 Å². The van der Waals surface area contributed by atoms with Crippen molar-refractivity contribution in [3.63, 3.8) is 0 Å². The summed E-state index contributed by atoms with van der Waals surface area (Å²) in [5, 5.41) is 0.824. The summed E-state index contributed by atoms with van der Waals surface area (Å²) >= 11 is 11.8. The van der Waals surface area contributed by atoms with Gasteiger partial charge in [-0.15, -0.1) is 0 Å². The van der Waals surface area contributed by atoms with Crippen LogP contribution in [0.1, 0.15) is 12.0 Å². The predicted octanol–water partition coefficient (Wildman–Crippen LogP) is 2.20. The summed E-state index contributed by atoms with van der Waals surface area (Å²) in [4.78, 5) is 14.2. The summed E-state index contributed by atoms with van der Waals surface area (Å²) in [6.07, 6.45) is 0.621. The lowest BCUT2D eigenvalue weighted by molar-refractivity contribution is -0.133. The van der Waals surface area contributed by atoms with Crippen molar-refractivity contribution in [3.05, 3.63) is 33.8 Å². The molecule has 1 aliphatic heterocycles. The second kappa shape index (κ2) is 7.83. The van der Waals surface area contributed by atoms with Crippen molar-refractivity contribution in [2.24, 2.45) is 0 Å². The molecule has 0 radical (unpaired) electrons. The molecule has 1 aliphatic rings. The van der Waals surface area contributed by atoms with E-state index in [9.17, 15) is 13.2 Å². The fourth-order valence-electron chi connectivity index (χ4n) is 2.65. The average molecular weight is 380 g/mol. The largest absolute Gasteiger partial charge is 0.383 e. The van der Waals surface area contributed by atoms with Gasteiger partial charge in [0.05, 0.1) is 34.6 Å². The molecule has 1 saturated heterocycles. The van der Waals surface area contributed by atoms with Gasteiger partial charge in [-0.25, -0.2) is 8.42 Å². The zero-order valence-electron chi connectivity index (χ0n) is 12.8. The fraction of sp³-hybridized carbons (Fsp3) is 0.533. The lowest BCUT2D eigenvalue weighted by Crippen LogP contribution is -2.43. The predicted molar refractivity (Wildman–Crippen MR) is 90.8 cm³/mol. The number of nitrogens with zero attached hydrogens (tertiary/aromatic N) is 1. The van der Waals surface area contributed by atoms with Gasteiger partial charge >= 0.3 is 0 Å².